The first-order valence-corrected chi connectivity index (χ1v) is 9.57. The third kappa shape index (κ3) is 5.22. The summed E-state index contributed by atoms with van der Waals surface area (Å²) in [5.74, 6) is 0.915. The van der Waals surface area contributed by atoms with E-state index in [4.69, 9.17) is 4.74 Å². The van der Waals surface area contributed by atoms with Gasteiger partial charge in [0.05, 0.1) is 18.5 Å². The van der Waals surface area contributed by atoms with Crippen molar-refractivity contribution in [1.29, 1.82) is 0 Å². The van der Waals surface area contributed by atoms with E-state index in [-0.39, 0.29) is 5.91 Å². The standard InChI is InChI=1S/C23H27N3O2/c1-17-15-18(2)26(25-17)21-10-7-19(8-11-21)9-12-23(27)24-14-13-20-5-4-6-22(16-20)28-3/h4-8,10-11,15-16H,9,12-14H2,1-3H3,(H,24,27). The van der Waals surface area contributed by atoms with Crippen LogP contribution in [0.5, 0.6) is 5.75 Å². The van der Waals surface area contributed by atoms with E-state index in [1.165, 1.54) is 0 Å². The lowest BCUT2D eigenvalue weighted by molar-refractivity contribution is -0.121. The Kier molecular flexibility index (Phi) is 6.48. The fourth-order valence-electron chi connectivity index (χ4n) is 3.21. The Morgan fingerprint density at radius 3 is 2.50 bits per heavy atom. The molecule has 0 spiro atoms. The molecule has 146 valence electrons. The molecule has 0 bridgehead atoms. The first kappa shape index (κ1) is 19.7. The molecule has 3 aromatic rings. The van der Waals surface area contributed by atoms with Gasteiger partial charge in [-0.2, -0.15) is 5.10 Å². The zero-order valence-corrected chi connectivity index (χ0v) is 16.7. The second-order valence-corrected chi connectivity index (χ2v) is 6.96. The van der Waals surface area contributed by atoms with Crippen LogP contribution >= 0.6 is 0 Å². The smallest absolute Gasteiger partial charge is 0.220 e. The monoisotopic (exact) mass is 377 g/mol. The zero-order chi connectivity index (χ0) is 19.9. The molecule has 5 heteroatoms. The average molecular weight is 377 g/mol. The molecule has 0 aliphatic carbocycles. The van der Waals surface area contributed by atoms with Gasteiger partial charge in [0.15, 0.2) is 0 Å². The molecule has 0 aliphatic rings. The molecule has 0 unspecified atom stereocenters. The van der Waals surface area contributed by atoms with Gasteiger partial charge >= 0.3 is 0 Å². The molecule has 1 heterocycles. The highest BCUT2D eigenvalue weighted by atomic mass is 16.5. The van der Waals surface area contributed by atoms with E-state index in [1.54, 1.807) is 7.11 Å². The summed E-state index contributed by atoms with van der Waals surface area (Å²) >= 11 is 0. The van der Waals surface area contributed by atoms with Crippen LogP contribution in [0.25, 0.3) is 5.69 Å². The van der Waals surface area contributed by atoms with Crippen LogP contribution < -0.4 is 10.1 Å². The van der Waals surface area contributed by atoms with Gasteiger partial charge in [0.25, 0.3) is 0 Å². The second-order valence-electron chi connectivity index (χ2n) is 6.96. The molecule has 0 radical (unpaired) electrons. The number of aromatic nitrogens is 2. The number of amides is 1. The number of carbonyl (C=O) groups excluding carboxylic acids is 1. The first-order valence-electron chi connectivity index (χ1n) is 9.57. The van der Waals surface area contributed by atoms with Gasteiger partial charge in [-0.15, -0.1) is 0 Å². The molecule has 1 amide bonds. The highest BCUT2D eigenvalue weighted by Gasteiger charge is 2.06. The van der Waals surface area contributed by atoms with E-state index in [0.29, 0.717) is 13.0 Å². The summed E-state index contributed by atoms with van der Waals surface area (Å²) < 4.78 is 7.16. The van der Waals surface area contributed by atoms with Crippen molar-refractivity contribution in [2.45, 2.75) is 33.1 Å². The predicted octanol–water partition coefficient (Wildman–Crippen LogP) is 3.79. The molecule has 3 rings (SSSR count). The number of carbonyl (C=O) groups is 1. The second kappa shape index (κ2) is 9.22. The topological polar surface area (TPSA) is 56.1 Å². The fourth-order valence-corrected chi connectivity index (χ4v) is 3.21. The fraction of sp³-hybridized carbons (Fsp3) is 0.304. The van der Waals surface area contributed by atoms with Crippen LogP contribution in [-0.2, 0) is 17.6 Å². The molecule has 2 aromatic carbocycles. The van der Waals surface area contributed by atoms with E-state index in [9.17, 15) is 4.79 Å². The third-order valence-electron chi connectivity index (χ3n) is 4.70. The number of ether oxygens (including phenoxy) is 1. The summed E-state index contributed by atoms with van der Waals surface area (Å²) in [4.78, 5) is 12.1. The molecule has 0 saturated heterocycles. The number of aryl methyl sites for hydroxylation is 3. The number of nitrogens with one attached hydrogen (secondary N) is 1. The molecule has 0 aliphatic heterocycles. The molecule has 0 saturated carbocycles. The number of benzene rings is 2. The van der Waals surface area contributed by atoms with Crippen molar-refractivity contribution in [2.24, 2.45) is 0 Å². The highest BCUT2D eigenvalue weighted by Crippen LogP contribution is 2.14. The van der Waals surface area contributed by atoms with Crippen LogP contribution in [0.4, 0.5) is 0 Å². The van der Waals surface area contributed by atoms with Gasteiger partial charge in [0.1, 0.15) is 5.75 Å². The minimum atomic E-state index is 0.0746. The SMILES string of the molecule is COc1cccc(CCNC(=O)CCc2ccc(-n3nc(C)cc3C)cc2)c1. The number of methoxy groups -OCH3 is 1. The minimum absolute atomic E-state index is 0.0746. The molecule has 1 aromatic heterocycles. The summed E-state index contributed by atoms with van der Waals surface area (Å²) in [7, 11) is 1.66. The van der Waals surface area contributed by atoms with E-state index >= 15 is 0 Å². The zero-order valence-electron chi connectivity index (χ0n) is 16.7. The van der Waals surface area contributed by atoms with Gasteiger partial charge in [0, 0.05) is 18.7 Å². The van der Waals surface area contributed by atoms with Crippen LogP contribution in [0.2, 0.25) is 0 Å². The molecule has 1 N–H and O–H groups in total. The largest absolute Gasteiger partial charge is 0.497 e. The van der Waals surface area contributed by atoms with Gasteiger partial charge in [0.2, 0.25) is 5.91 Å². The molecular weight excluding hydrogens is 350 g/mol. The van der Waals surface area contributed by atoms with Crippen LogP contribution in [-0.4, -0.2) is 29.3 Å². The van der Waals surface area contributed by atoms with Crippen LogP contribution in [0.15, 0.2) is 54.6 Å². The van der Waals surface area contributed by atoms with E-state index in [2.05, 4.69) is 40.7 Å². The Bertz CT molecular complexity index is 929. The first-order chi connectivity index (χ1) is 13.5. The molecule has 28 heavy (non-hydrogen) atoms. The lowest BCUT2D eigenvalue weighted by Gasteiger charge is -2.08. The number of nitrogens with zero attached hydrogens (tertiary/aromatic N) is 2. The Labute approximate surface area is 166 Å². The molecule has 0 atom stereocenters. The summed E-state index contributed by atoms with van der Waals surface area (Å²) in [6.45, 7) is 4.66. The number of hydrogen-bond donors (Lipinski definition) is 1. The Balaban J connectivity index is 1.44. The van der Waals surface area contributed by atoms with Crippen molar-refractivity contribution >= 4 is 5.91 Å². The van der Waals surface area contributed by atoms with Crippen molar-refractivity contribution in [3.05, 3.63) is 77.1 Å². The van der Waals surface area contributed by atoms with Crippen LogP contribution in [0.3, 0.4) is 0 Å². The minimum Gasteiger partial charge on any atom is -0.497 e. The van der Waals surface area contributed by atoms with Crippen LogP contribution in [0.1, 0.15) is 28.9 Å². The van der Waals surface area contributed by atoms with Crippen molar-refractivity contribution < 1.29 is 9.53 Å². The van der Waals surface area contributed by atoms with Gasteiger partial charge in [-0.25, -0.2) is 4.68 Å². The maximum absolute atomic E-state index is 12.1. The normalized spacial score (nSPS) is 10.7. The van der Waals surface area contributed by atoms with E-state index in [1.807, 2.05) is 42.8 Å². The number of hydrogen-bond acceptors (Lipinski definition) is 3. The summed E-state index contributed by atoms with van der Waals surface area (Å²) in [6, 6.07) is 18.2. The molecule has 0 fully saturated rings. The maximum Gasteiger partial charge on any atom is 0.220 e. The lowest BCUT2D eigenvalue weighted by Crippen LogP contribution is -2.25. The van der Waals surface area contributed by atoms with Crippen molar-refractivity contribution in [2.75, 3.05) is 13.7 Å². The summed E-state index contributed by atoms with van der Waals surface area (Å²) in [6.07, 6.45) is 2.00. The average Bonchev–Trinajstić information content (AvgIpc) is 3.05. The van der Waals surface area contributed by atoms with Crippen LogP contribution in [0, 0.1) is 13.8 Å². The maximum atomic E-state index is 12.1. The lowest BCUT2D eigenvalue weighted by atomic mass is 10.1. The Hall–Kier alpha value is -3.08. The summed E-state index contributed by atoms with van der Waals surface area (Å²) in [5.41, 5.74) is 5.46. The molecule has 5 nitrogen and oxygen atoms in total. The van der Waals surface area contributed by atoms with E-state index in [0.717, 1.165) is 46.8 Å². The van der Waals surface area contributed by atoms with Gasteiger partial charge in [-0.3, -0.25) is 4.79 Å². The van der Waals surface area contributed by atoms with Crippen molar-refractivity contribution in [1.82, 2.24) is 15.1 Å². The predicted molar refractivity (Wildman–Crippen MR) is 111 cm³/mol. The Morgan fingerprint density at radius 1 is 1.04 bits per heavy atom. The van der Waals surface area contributed by atoms with Crippen molar-refractivity contribution in [3.8, 4) is 11.4 Å². The molecular formula is C23H27N3O2. The summed E-state index contributed by atoms with van der Waals surface area (Å²) in [5, 5.41) is 7.49. The number of rotatable bonds is 8. The van der Waals surface area contributed by atoms with Gasteiger partial charge < -0.3 is 10.1 Å². The van der Waals surface area contributed by atoms with Gasteiger partial charge in [-0.1, -0.05) is 24.3 Å². The Morgan fingerprint density at radius 2 is 1.82 bits per heavy atom. The van der Waals surface area contributed by atoms with Crippen molar-refractivity contribution in [3.63, 3.8) is 0 Å². The third-order valence-corrected chi connectivity index (χ3v) is 4.70. The van der Waals surface area contributed by atoms with Gasteiger partial charge in [-0.05, 0) is 68.1 Å². The van der Waals surface area contributed by atoms with E-state index < -0.39 is 0 Å². The highest BCUT2D eigenvalue weighted by molar-refractivity contribution is 5.76. The quantitative estimate of drug-likeness (QED) is 0.650.